The normalized spacial score (nSPS) is 12.3. The van der Waals surface area contributed by atoms with Gasteiger partial charge in [0.15, 0.2) is 0 Å². The van der Waals surface area contributed by atoms with Gasteiger partial charge in [0.2, 0.25) is 11.6 Å². The Labute approximate surface area is 99.5 Å². The monoisotopic (exact) mass is 291 g/mol. The molecule has 0 saturated heterocycles. The van der Waals surface area contributed by atoms with E-state index in [4.69, 9.17) is 5.73 Å². The number of aromatic nitrogens is 1. The lowest BCUT2D eigenvalue weighted by atomic mass is 10.2. The number of nitrogen functional groups attached to an aromatic ring is 1. The van der Waals surface area contributed by atoms with E-state index in [1.165, 1.54) is 0 Å². The summed E-state index contributed by atoms with van der Waals surface area (Å²) in [5, 5.41) is 10.4. The molecule has 12 heteroatoms. The van der Waals surface area contributed by atoms with Crippen LogP contribution in [0, 0.1) is 10.1 Å². The zero-order chi connectivity index (χ0) is 15.0. The van der Waals surface area contributed by atoms with Gasteiger partial charge in [0.05, 0.1) is 4.92 Å². The van der Waals surface area contributed by atoms with Crippen LogP contribution in [0.15, 0.2) is 6.07 Å². The molecule has 0 aromatic carbocycles. The molecule has 0 radical (unpaired) electrons. The quantitative estimate of drug-likeness (QED) is 0.513. The zero-order valence-corrected chi connectivity index (χ0v) is 8.54. The van der Waals surface area contributed by atoms with Gasteiger partial charge in [0.25, 0.3) is 0 Å². The lowest BCUT2D eigenvalue weighted by molar-refractivity contribution is -0.387. The third kappa shape index (κ3) is 3.59. The number of anilines is 1. The Kier molecular flexibility index (Phi) is 3.45. The number of hydrogen-bond acceptors (Lipinski definition) is 5. The molecule has 0 unspecified atom stereocenters. The minimum Gasteiger partial charge on any atom is -0.393 e. The molecular weight excluding hydrogens is 288 g/mol. The largest absolute Gasteiger partial charge is 0.574 e. The molecule has 2 N–H and O–H groups in total. The molecule has 1 heterocycles. The number of nitro groups is 1. The van der Waals surface area contributed by atoms with E-state index in [1.807, 2.05) is 0 Å². The predicted molar refractivity (Wildman–Crippen MR) is 47.0 cm³/mol. The van der Waals surface area contributed by atoms with Gasteiger partial charge in [0.1, 0.15) is 5.69 Å². The summed E-state index contributed by atoms with van der Waals surface area (Å²) >= 11 is 0. The fourth-order valence-corrected chi connectivity index (χ4v) is 1.09. The van der Waals surface area contributed by atoms with Gasteiger partial charge in [-0.3, -0.25) is 10.1 Å². The van der Waals surface area contributed by atoms with Crippen LogP contribution in [-0.2, 0) is 6.18 Å². The summed E-state index contributed by atoms with van der Waals surface area (Å²) < 4.78 is 76.0. The predicted octanol–water partition coefficient (Wildman–Crippen LogP) is 2.49. The van der Waals surface area contributed by atoms with E-state index < -0.39 is 40.4 Å². The second kappa shape index (κ2) is 4.44. The van der Waals surface area contributed by atoms with E-state index in [1.54, 1.807) is 0 Å². The first-order valence-corrected chi connectivity index (χ1v) is 4.19. The lowest BCUT2D eigenvalue weighted by Gasteiger charge is -2.12. The van der Waals surface area contributed by atoms with Gasteiger partial charge in [-0.05, 0) is 0 Å². The summed E-state index contributed by atoms with van der Waals surface area (Å²) in [6.45, 7) is 0. The maximum absolute atomic E-state index is 12.4. The number of nitrogens with zero attached hydrogens (tertiary/aromatic N) is 2. The SMILES string of the molecule is Nc1cc(OC(F)(F)F)nc(C(F)(F)F)c1[N+](=O)[O-]. The van der Waals surface area contributed by atoms with Crippen LogP contribution in [0.2, 0.25) is 0 Å². The van der Waals surface area contributed by atoms with Crippen LogP contribution in [0.3, 0.4) is 0 Å². The van der Waals surface area contributed by atoms with Crippen LogP contribution in [-0.4, -0.2) is 16.3 Å². The Morgan fingerprint density at radius 2 is 1.79 bits per heavy atom. The van der Waals surface area contributed by atoms with Crippen LogP contribution in [0.1, 0.15) is 5.69 Å². The van der Waals surface area contributed by atoms with Crippen molar-refractivity contribution < 1.29 is 36.0 Å². The van der Waals surface area contributed by atoms with Crippen molar-refractivity contribution in [3.63, 3.8) is 0 Å². The molecule has 19 heavy (non-hydrogen) atoms. The highest BCUT2D eigenvalue weighted by molar-refractivity contribution is 5.62. The van der Waals surface area contributed by atoms with Gasteiger partial charge < -0.3 is 10.5 Å². The molecule has 106 valence electrons. The highest BCUT2D eigenvalue weighted by Crippen LogP contribution is 2.40. The number of pyridine rings is 1. The second-order valence-corrected chi connectivity index (χ2v) is 3.05. The Hall–Kier alpha value is -2.27. The van der Waals surface area contributed by atoms with E-state index in [0.717, 1.165) is 0 Å². The van der Waals surface area contributed by atoms with E-state index in [9.17, 15) is 36.5 Å². The molecule has 1 rings (SSSR count). The first-order valence-electron chi connectivity index (χ1n) is 4.19. The van der Waals surface area contributed by atoms with Crippen molar-refractivity contribution in [2.45, 2.75) is 12.5 Å². The third-order valence-electron chi connectivity index (χ3n) is 1.67. The van der Waals surface area contributed by atoms with Gasteiger partial charge in [-0.25, -0.2) is 4.98 Å². The van der Waals surface area contributed by atoms with Crippen molar-refractivity contribution in [1.82, 2.24) is 4.98 Å². The zero-order valence-electron chi connectivity index (χ0n) is 8.54. The average Bonchev–Trinajstić information content (AvgIpc) is 2.11. The highest BCUT2D eigenvalue weighted by atomic mass is 19.4. The molecule has 0 bridgehead atoms. The van der Waals surface area contributed by atoms with Crippen LogP contribution < -0.4 is 10.5 Å². The van der Waals surface area contributed by atoms with Crippen LogP contribution >= 0.6 is 0 Å². The summed E-state index contributed by atoms with van der Waals surface area (Å²) in [5.41, 5.74) is -0.0437. The van der Waals surface area contributed by atoms with Crippen molar-refractivity contribution in [3.8, 4) is 5.88 Å². The summed E-state index contributed by atoms with van der Waals surface area (Å²) in [6, 6.07) is 0.181. The molecular formula is C7H3F6N3O3. The Bertz CT molecular complexity index is 512. The van der Waals surface area contributed by atoms with Gasteiger partial charge in [-0.1, -0.05) is 0 Å². The molecule has 0 aliphatic carbocycles. The number of rotatable bonds is 2. The molecule has 0 saturated carbocycles. The van der Waals surface area contributed by atoms with Gasteiger partial charge in [0, 0.05) is 6.07 Å². The number of halogens is 6. The average molecular weight is 291 g/mol. The smallest absolute Gasteiger partial charge is 0.393 e. The minimum atomic E-state index is -5.36. The summed E-state index contributed by atoms with van der Waals surface area (Å²) in [7, 11) is 0. The Morgan fingerprint density at radius 1 is 1.26 bits per heavy atom. The van der Waals surface area contributed by atoms with Gasteiger partial charge in [-0.2, -0.15) is 13.2 Å². The Morgan fingerprint density at radius 3 is 2.16 bits per heavy atom. The van der Waals surface area contributed by atoms with E-state index in [2.05, 4.69) is 9.72 Å². The van der Waals surface area contributed by atoms with Crippen molar-refractivity contribution in [2.24, 2.45) is 0 Å². The summed E-state index contributed by atoms with van der Waals surface area (Å²) in [6.07, 6.45) is -10.7. The van der Waals surface area contributed by atoms with Crippen molar-refractivity contribution in [1.29, 1.82) is 0 Å². The molecule has 0 spiro atoms. The summed E-state index contributed by atoms with van der Waals surface area (Å²) in [5.74, 6) is -1.54. The lowest BCUT2D eigenvalue weighted by Crippen LogP contribution is -2.20. The van der Waals surface area contributed by atoms with Gasteiger partial charge in [-0.15, -0.1) is 13.2 Å². The molecule has 1 aromatic rings. The summed E-state index contributed by atoms with van der Waals surface area (Å²) in [4.78, 5) is 11.3. The van der Waals surface area contributed by atoms with Crippen LogP contribution in [0.5, 0.6) is 5.88 Å². The van der Waals surface area contributed by atoms with Crippen LogP contribution in [0.4, 0.5) is 37.7 Å². The molecule has 0 amide bonds. The van der Waals surface area contributed by atoms with E-state index in [0.29, 0.717) is 0 Å². The number of hydrogen-bond donors (Lipinski definition) is 1. The molecule has 0 fully saturated rings. The van der Waals surface area contributed by atoms with Crippen molar-refractivity contribution >= 4 is 11.4 Å². The maximum atomic E-state index is 12.4. The van der Waals surface area contributed by atoms with Gasteiger partial charge >= 0.3 is 18.2 Å². The van der Waals surface area contributed by atoms with E-state index >= 15 is 0 Å². The van der Waals surface area contributed by atoms with Crippen molar-refractivity contribution in [3.05, 3.63) is 21.9 Å². The van der Waals surface area contributed by atoms with Crippen molar-refractivity contribution in [2.75, 3.05) is 5.73 Å². The highest BCUT2D eigenvalue weighted by Gasteiger charge is 2.43. The molecule has 6 nitrogen and oxygen atoms in total. The standard InChI is InChI=1S/C7H3F6N3O3/c8-6(9,10)5-4(16(17)18)2(14)1-3(15-5)19-7(11,12)13/h1H,(H2,14,15). The molecule has 0 aliphatic heterocycles. The first-order chi connectivity index (χ1) is 8.42. The topological polar surface area (TPSA) is 91.3 Å². The fourth-order valence-electron chi connectivity index (χ4n) is 1.09. The molecule has 0 aliphatic rings. The number of nitrogens with two attached hydrogens (primary N) is 1. The van der Waals surface area contributed by atoms with E-state index in [-0.39, 0.29) is 6.07 Å². The minimum absolute atomic E-state index is 0.181. The first kappa shape index (κ1) is 14.8. The molecule has 1 aromatic heterocycles. The number of alkyl halides is 6. The fraction of sp³-hybridized carbons (Fsp3) is 0.286. The van der Waals surface area contributed by atoms with Crippen LogP contribution in [0.25, 0.3) is 0 Å². The second-order valence-electron chi connectivity index (χ2n) is 3.05. The third-order valence-corrected chi connectivity index (χ3v) is 1.67. The maximum Gasteiger partial charge on any atom is 0.574 e. The number of ether oxygens (including phenoxy) is 1. The Balaban J connectivity index is 3.44. The molecule has 0 atom stereocenters.